The first-order valence-electron chi connectivity index (χ1n) is 5.74. The molecule has 0 bridgehead atoms. The van der Waals surface area contributed by atoms with Gasteiger partial charge in [0.2, 0.25) is 0 Å². The minimum absolute atomic E-state index is 0.0533. The molecule has 0 saturated heterocycles. The topological polar surface area (TPSA) is 91.3 Å². The molecule has 1 aromatic heterocycles. The lowest BCUT2D eigenvalue weighted by Crippen LogP contribution is -2.19. The van der Waals surface area contributed by atoms with Crippen molar-refractivity contribution in [2.45, 2.75) is 0 Å². The zero-order valence-corrected chi connectivity index (χ0v) is 11.4. The molecule has 0 atom stereocenters. The van der Waals surface area contributed by atoms with E-state index in [-0.39, 0.29) is 10.8 Å². The van der Waals surface area contributed by atoms with E-state index in [1.807, 2.05) is 0 Å². The van der Waals surface area contributed by atoms with Crippen molar-refractivity contribution in [1.82, 2.24) is 4.98 Å². The molecule has 2 amide bonds. The molecule has 8 heteroatoms. The third kappa shape index (κ3) is 4.39. The fourth-order valence-electron chi connectivity index (χ4n) is 1.39. The number of nitrogens with zero attached hydrogens (tertiary/aromatic N) is 1. The summed E-state index contributed by atoms with van der Waals surface area (Å²) in [5.41, 5.74) is 0.0533. The van der Waals surface area contributed by atoms with Crippen LogP contribution in [0.25, 0.3) is 6.08 Å². The number of halogens is 1. The highest BCUT2D eigenvalue weighted by atomic mass is 32.1. The van der Waals surface area contributed by atoms with Gasteiger partial charge in [-0.3, -0.25) is 5.32 Å². The molecular formula is C13H10FN3O3S. The van der Waals surface area contributed by atoms with E-state index < -0.39 is 17.8 Å². The number of aromatic nitrogens is 1. The van der Waals surface area contributed by atoms with Gasteiger partial charge in [-0.05, 0) is 18.2 Å². The van der Waals surface area contributed by atoms with Crippen molar-refractivity contribution in [1.29, 1.82) is 0 Å². The van der Waals surface area contributed by atoms with Crippen LogP contribution in [0, 0.1) is 5.82 Å². The lowest BCUT2D eigenvalue weighted by Gasteiger charge is -2.05. The van der Waals surface area contributed by atoms with Gasteiger partial charge in [-0.2, -0.15) is 0 Å². The summed E-state index contributed by atoms with van der Waals surface area (Å²) >= 11 is 1.09. The van der Waals surface area contributed by atoms with Crippen LogP contribution in [0.3, 0.4) is 0 Å². The van der Waals surface area contributed by atoms with E-state index in [2.05, 4.69) is 15.6 Å². The quantitative estimate of drug-likeness (QED) is 0.757. The van der Waals surface area contributed by atoms with Crippen LogP contribution in [0.5, 0.6) is 0 Å². The van der Waals surface area contributed by atoms with Gasteiger partial charge in [0, 0.05) is 17.2 Å². The molecule has 6 nitrogen and oxygen atoms in total. The van der Waals surface area contributed by atoms with Crippen LogP contribution in [0.1, 0.15) is 4.88 Å². The van der Waals surface area contributed by atoms with Crippen molar-refractivity contribution in [3.05, 3.63) is 47.2 Å². The average molecular weight is 307 g/mol. The van der Waals surface area contributed by atoms with Gasteiger partial charge >= 0.3 is 12.0 Å². The molecule has 2 aromatic rings. The highest BCUT2D eigenvalue weighted by Crippen LogP contribution is 2.20. The summed E-state index contributed by atoms with van der Waals surface area (Å²) in [5.74, 6) is -1.62. The van der Waals surface area contributed by atoms with Crippen LogP contribution >= 0.6 is 11.3 Å². The molecule has 0 radical (unpaired) electrons. The number of urea groups is 1. The second kappa shape index (κ2) is 6.62. The molecule has 1 heterocycles. The molecule has 21 heavy (non-hydrogen) atoms. The summed E-state index contributed by atoms with van der Waals surface area (Å²) in [5, 5.41) is 13.6. The van der Waals surface area contributed by atoms with Crippen LogP contribution in [-0.4, -0.2) is 22.1 Å². The van der Waals surface area contributed by atoms with Gasteiger partial charge in [0.15, 0.2) is 5.13 Å². The second-order valence-electron chi connectivity index (χ2n) is 3.80. The Bertz CT molecular complexity index is 699. The van der Waals surface area contributed by atoms with Gasteiger partial charge in [-0.15, -0.1) is 0 Å². The molecular weight excluding hydrogens is 297 g/mol. The van der Waals surface area contributed by atoms with Gasteiger partial charge < -0.3 is 10.4 Å². The summed E-state index contributed by atoms with van der Waals surface area (Å²) in [6.07, 6.45) is 3.75. The van der Waals surface area contributed by atoms with Crippen molar-refractivity contribution >= 4 is 40.2 Å². The molecule has 0 aliphatic carbocycles. The number of nitrogens with one attached hydrogen (secondary N) is 2. The van der Waals surface area contributed by atoms with E-state index in [0.717, 1.165) is 17.4 Å². The third-order valence-corrected chi connectivity index (χ3v) is 3.13. The first-order chi connectivity index (χ1) is 10.0. The van der Waals surface area contributed by atoms with Crippen molar-refractivity contribution < 1.29 is 19.1 Å². The van der Waals surface area contributed by atoms with E-state index in [1.165, 1.54) is 30.5 Å². The molecule has 0 aliphatic rings. The summed E-state index contributed by atoms with van der Waals surface area (Å²) in [4.78, 5) is 26.5. The zero-order valence-electron chi connectivity index (χ0n) is 10.5. The predicted octanol–water partition coefficient (Wildman–Crippen LogP) is 3.02. The normalized spacial score (nSPS) is 10.5. The summed E-state index contributed by atoms with van der Waals surface area (Å²) in [6, 6.07) is 5.13. The smallest absolute Gasteiger partial charge is 0.328 e. The predicted molar refractivity (Wildman–Crippen MR) is 77.8 cm³/mol. The van der Waals surface area contributed by atoms with Crippen molar-refractivity contribution in [2.75, 3.05) is 10.6 Å². The Morgan fingerprint density at radius 1 is 1.29 bits per heavy atom. The number of carboxylic acids is 1. The van der Waals surface area contributed by atoms with Crippen LogP contribution < -0.4 is 10.6 Å². The number of amides is 2. The maximum absolute atomic E-state index is 13.3. The number of hydrogen-bond donors (Lipinski definition) is 3. The Hall–Kier alpha value is -2.74. The molecule has 0 saturated carbocycles. The van der Waals surface area contributed by atoms with Gasteiger partial charge in [0.25, 0.3) is 0 Å². The van der Waals surface area contributed by atoms with Crippen molar-refractivity contribution in [2.24, 2.45) is 0 Å². The number of thiazole rings is 1. The van der Waals surface area contributed by atoms with Crippen LogP contribution in [-0.2, 0) is 4.79 Å². The first kappa shape index (κ1) is 14.7. The van der Waals surface area contributed by atoms with E-state index in [0.29, 0.717) is 4.88 Å². The molecule has 0 spiro atoms. The number of aliphatic carboxylic acids is 1. The minimum Gasteiger partial charge on any atom is -0.478 e. The number of rotatable bonds is 4. The second-order valence-corrected chi connectivity index (χ2v) is 4.86. The van der Waals surface area contributed by atoms with Gasteiger partial charge in [-0.25, -0.2) is 19.0 Å². The number of anilines is 2. The highest BCUT2D eigenvalue weighted by Gasteiger charge is 2.08. The van der Waals surface area contributed by atoms with Crippen molar-refractivity contribution in [3.63, 3.8) is 0 Å². The molecule has 108 valence electrons. The highest BCUT2D eigenvalue weighted by molar-refractivity contribution is 7.16. The van der Waals surface area contributed by atoms with E-state index in [9.17, 15) is 14.0 Å². The van der Waals surface area contributed by atoms with E-state index in [1.54, 1.807) is 6.07 Å². The SMILES string of the molecule is O=C(O)C=Cc1cnc(NC(=O)Nc2ccccc2F)s1. The molecule has 0 unspecified atom stereocenters. The number of carboxylic acid groups (broad SMARTS) is 1. The van der Waals surface area contributed by atoms with Crippen LogP contribution in [0.2, 0.25) is 0 Å². The fourth-order valence-corrected chi connectivity index (χ4v) is 2.10. The first-order valence-corrected chi connectivity index (χ1v) is 6.55. The number of carbonyl (C=O) groups excluding carboxylic acids is 1. The van der Waals surface area contributed by atoms with E-state index >= 15 is 0 Å². The number of benzene rings is 1. The summed E-state index contributed by atoms with van der Waals surface area (Å²) < 4.78 is 13.3. The minimum atomic E-state index is -1.07. The van der Waals surface area contributed by atoms with Gasteiger partial charge in [0.1, 0.15) is 5.82 Å². The Morgan fingerprint density at radius 3 is 2.76 bits per heavy atom. The molecule has 1 aromatic carbocycles. The third-order valence-electron chi connectivity index (χ3n) is 2.26. The summed E-state index contributed by atoms with van der Waals surface area (Å²) in [6.45, 7) is 0. The Balaban J connectivity index is 1.97. The molecule has 2 rings (SSSR count). The lowest BCUT2D eigenvalue weighted by molar-refractivity contribution is -0.131. The number of carbonyl (C=O) groups is 2. The molecule has 0 fully saturated rings. The number of hydrogen-bond acceptors (Lipinski definition) is 4. The maximum atomic E-state index is 13.3. The summed E-state index contributed by atoms with van der Waals surface area (Å²) in [7, 11) is 0. The van der Waals surface area contributed by atoms with Gasteiger partial charge in [0.05, 0.1) is 5.69 Å². The monoisotopic (exact) mass is 307 g/mol. The molecule has 3 N–H and O–H groups in total. The average Bonchev–Trinajstić information content (AvgIpc) is 2.86. The zero-order chi connectivity index (χ0) is 15.2. The Kier molecular flexibility index (Phi) is 4.62. The number of para-hydroxylation sites is 1. The largest absolute Gasteiger partial charge is 0.478 e. The maximum Gasteiger partial charge on any atom is 0.328 e. The molecule has 0 aliphatic heterocycles. The van der Waals surface area contributed by atoms with Crippen LogP contribution in [0.15, 0.2) is 36.5 Å². The Labute approximate surface area is 123 Å². The lowest BCUT2D eigenvalue weighted by atomic mass is 10.3. The van der Waals surface area contributed by atoms with Gasteiger partial charge in [-0.1, -0.05) is 23.5 Å². The Morgan fingerprint density at radius 2 is 2.05 bits per heavy atom. The van der Waals surface area contributed by atoms with Crippen LogP contribution in [0.4, 0.5) is 20.0 Å². The van der Waals surface area contributed by atoms with E-state index in [4.69, 9.17) is 5.11 Å². The standard InChI is InChI=1S/C13H10FN3O3S/c14-9-3-1-2-4-10(9)16-12(20)17-13-15-7-8(21-13)5-6-11(18)19/h1-7H,(H,18,19)(H2,15,16,17,20). The van der Waals surface area contributed by atoms with Crippen molar-refractivity contribution in [3.8, 4) is 0 Å². The fraction of sp³-hybridized carbons (Fsp3) is 0.